The number of nitrogens with one attached hydrogen (secondary N) is 1. The van der Waals surface area contributed by atoms with E-state index >= 15 is 0 Å². The minimum absolute atomic E-state index is 0.0911. The van der Waals surface area contributed by atoms with Crippen LogP contribution in [0.2, 0.25) is 0 Å². The molecule has 0 bridgehead atoms. The average Bonchev–Trinajstić information content (AvgIpc) is 3.39. The molecule has 0 aliphatic carbocycles. The van der Waals surface area contributed by atoms with Crippen molar-refractivity contribution in [2.45, 2.75) is 47.0 Å². The van der Waals surface area contributed by atoms with Crippen LogP contribution in [0.15, 0.2) is 65.2 Å². The first-order valence-electron chi connectivity index (χ1n) is 11.4. The van der Waals surface area contributed by atoms with Crippen molar-refractivity contribution in [2.75, 3.05) is 5.32 Å². The molecule has 0 radical (unpaired) electrons. The van der Waals surface area contributed by atoms with Crippen molar-refractivity contribution in [3.63, 3.8) is 0 Å². The van der Waals surface area contributed by atoms with Gasteiger partial charge in [0, 0.05) is 18.4 Å². The third-order valence-electron chi connectivity index (χ3n) is 5.56. The summed E-state index contributed by atoms with van der Waals surface area (Å²) in [6.45, 7) is 8.28. The molecule has 0 aliphatic heterocycles. The van der Waals surface area contributed by atoms with E-state index in [9.17, 15) is 4.79 Å². The number of anilines is 1. The SMILES string of the molecule is Cc1nn(-c2ccccc2)c(C)c1NC(=O)CCc1ncc(-c2ccc(CC(C)C)cc2)o1. The number of para-hydroxylation sites is 1. The number of benzene rings is 2. The molecule has 2 aromatic heterocycles. The van der Waals surface area contributed by atoms with Gasteiger partial charge < -0.3 is 9.73 Å². The molecule has 1 N–H and O–H groups in total. The van der Waals surface area contributed by atoms with Crippen molar-refractivity contribution in [1.29, 1.82) is 0 Å². The molecular formula is C27H30N4O2. The molecule has 0 saturated heterocycles. The molecule has 0 fully saturated rings. The van der Waals surface area contributed by atoms with Gasteiger partial charge in [-0.05, 0) is 43.9 Å². The van der Waals surface area contributed by atoms with Gasteiger partial charge in [0.15, 0.2) is 11.7 Å². The number of nitrogens with zero attached hydrogens (tertiary/aromatic N) is 3. The molecule has 0 atom stereocenters. The summed E-state index contributed by atoms with van der Waals surface area (Å²) in [6, 6.07) is 18.3. The molecule has 33 heavy (non-hydrogen) atoms. The minimum atomic E-state index is -0.0911. The summed E-state index contributed by atoms with van der Waals surface area (Å²) in [5, 5.41) is 7.59. The number of hydrogen-bond acceptors (Lipinski definition) is 4. The average molecular weight is 443 g/mol. The van der Waals surface area contributed by atoms with Gasteiger partial charge >= 0.3 is 0 Å². The second-order valence-corrected chi connectivity index (χ2v) is 8.75. The van der Waals surface area contributed by atoms with Crippen molar-refractivity contribution in [3.05, 3.63) is 83.6 Å². The molecular weight excluding hydrogens is 412 g/mol. The fourth-order valence-electron chi connectivity index (χ4n) is 3.90. The lowest BCUT2D eigenvalue weighted by atomic mass is 10.0. The van der Waals surface area contributed by atoms with Crippen molar-refractivity contribution in [1.82, 2.24) is 14.8 Å². The van der Waals surface area contributed by atoms with Crippen LogP contribution >= 0.6 is 0 Å². The van der Waals surface area contributed by atoms with Crippen LogP contribution in [-0.4, -0.2) is 20.7 Å². The van der Waals surface area contributed by atoms with Crippen LogP contribution in [0.3, 0.4) is 0 Å². The quantitative estimate of drug-likeness (QED) is 0.368. The molecule has 6 heteroatoms. The second-order valence-electron chi connectivity index (χ2n) is 8.75. The Morgan fingerprint density at radius 1 is 1.06 bits per heavy atom. The largest absolute Gasteiger partial charge is 0.441 e. The van der Waals surface area contributed by atoms with Crippen LogP contribution in [0.25, 0.3) is 17.0 Å². The summed E-state index contributed by atoms with van der Waals surface area (Å²) >= 11 is 0. The number of aryl methyl sites for hydroxylation is 2. The van der Waals surface area contributed by atoms with E-state index in [4.69, 9.17) is 4.42 Å². The third kappa shape index (κ3) is 5.40. The number of hydrogen-bond donors (Lipinski definition) is 1. The highest BCUT2D eigenvalue weighted by Gasteiger charge is 2.16. The van der Waals surface area contributed by atoms with Crippen LogP contribution in [0.1, 0.15) is 43.1 Å². The predicted octanol–water partition coefficient (Wildman–Crippen LogP) is 5.91. The molecule has 0 spiro atoms. The van der Waals surface area contributed by atoms with Gasteiger partial charge in [-0.2, -0.15) is 5.10 Å². The van der Waals surface area contributed by atoms with E-state index in [1.807, 2.05) is 48.9 Å². The van der Waals surface area contributed by atoms with Crippen molar-refractivity contribution in [3.8, 4) is 17.0 Å². The highest BCUT2D eigenvalue weighted by atomic mass is 16.4. The summed E-state index contributed by atoms with van der Waals surface area (Å²) in [6.07, 6.45) is 3.49. The number of oxazole rings is 1. The van der Waals surface area contributed by atoms with Gasteiger partial charge in [-0.3, -0.25) is 4.79 Å². The Kier molecular flexibility index (Phi) is 6.73. The zero-order valence-electron chi connectivity index (χ0n) is 19.6. The van der Waals surface area contributed by atoms with E-state index < -0.39 is 0 Å². The topological polar surface area (TPSA) is 73.0 Å². The summed E-state index contributed by atoms with van der Waals surface area (Å²) in [4.78, 5) is 17.0. The maximum absolute atomic E-state index is 12.6. The monoisotopic (exact) mass is 442 g/mol. The number of carbonyl (C=O) groups is 1. The molecule has 6 nitrogen and oxygen atoms in total. The lowest BCUT2D eigenvalue weighted by Gasteiger charge is -2.07. The van der Waals surface area contributed by atoms with Crippen LogP contribution in [0, 0.1) is 19.8 Å². The smallest absolute Gasteiger partial charge is 0.224 e. The molecule has 0 aliphatic rings. The van der Waals surface area contributed by atoms with E-state index in [0.717, 1.165) is 40.5 Å². The molecule has 1 amide bonds. The van der Waals surface area contributed by atoms with Gasteiger partial charge in [0.25, 0.3) is 0 Å². The Morgan fingerprint density at radius 3 is 2.48 bits per heavy atom. The summed E-state index contributed by atoms with van der Waals surface area (Å²) in [7, 11) is 0. The Bertz CT molecular complexity index is 1220. The predicted molar refractivity (Wildman–Crippen MR) is 130 cm³/mol. The van der Waals surface area contributed by atoms with E-state index in [0.29, 0.717) is 18.2 Å². The molecule has 4 aromatic rings. The van der Waals surface area contributed by atoms with E-state index in [1.165, 1.54) is 5.56 Å². The number of amides is 1. The first-order valence-corrected chi connectivity index (χ1v) is 11.4. The van der Waals surface area contributed by atoms with Crippen molar-refractivity contribution < 1.29 is 9.21 Å². The van der Waals surface area contributed by atoms with Gasteiger partial charge in [-0.25, -0.2) is 9.67 Å². The van der Waals surface area contributed by atoms with Gasteiger partial charge in [0.2, 0.25) is 5.91 Å². The van der Waals surface area contributed by atoms with Crippen LogP contribution in [0.5, 0.6) is 0 Å². The minimum Gasteiger partial charge on any atom is -0.441 e. The fourth-order valence-corrected chi connectivity index (χ4v) is 3.90. The highest BCUT2D eigenvalue weighted by Crippen LogP contribution is 2.24. The Morgan fingerprint density at radius 2 is 1.79 bits per heavy atom. The van der Waals surface area contributed by atoms with Crippen LogP contribution in [-0.2, 0) is 17.6 Å². The molecule has 2 heterocycles. The Labute approximate surface area is 194 Å². The van der Waals surface area contributed by atoms with E-state index in [1.54, 1.807) is 6.20 Å². The number of aromatic nitrogens is 3. The van der Waals surface area contributed by atoms with E-state index in [2.05, 4.69) is 53.5 Å². The highest BCUT2D eigenvalue weighted by molar-refractivity contribution is 5.92. The Balaban J connectivity index is 1.37. The van der Waals surface area contributed by atoms with Gasteiger partial charge in [0.05, 0.1) is 29.0 Å². The lowest BCUT2D eigenvalue weighted by molar-refractivity contribution is -0.116. The van der Waals surface area contributed by atoms with Crippen molar-refractivity contribution >= 4 is 11.6 Å². The number of rotatable bonds is 8. The first-order chi connectivity index (χ1) is 15.9. The zero-order chi connectivity index (χ0) is 23.4. The molecule has 0 saturated carbocycles. The maximum Gasteiger partial charge on any atom is 0.224 e. The normalized spacial score (nSPS) is 11.2. The molecule has 170 valence electrons. The summed E-state index contributed by atoms with van der Waals surface area (Å²) < 4.78 is 7.74. The Hall–Kier alpha value is -3.67. The maximum atomic E-state index is 12.6. The molecule has 2 aromatic carbocycles. The standard InChI is InChI=1S/C27H30N4O2/c1-18(2)16-21-10-12-22(13-11-21)24-17-28-26(33-24)15-14-25(32)29-27-19(3)30-31(20(27)4)23-8-6-5-7-9-23/h5-13,17-18H,14-16H2,1-4H3,(H,29,32). The summed E-state index contributed by atoms with van der Waals surface area (Å²) in [5.74, 6) is 1.81. The molecule has 4 rings (SSSR count). The van der Waals surface area contributed by atoms with Gasteiger partial charge in [-0.1, -0.05) is 56.3 Å². The number of carbonyl (C=O) groups excluding carboxylic acids is 1. The molecule has 0 unspecified atom stereocenters. The van der Waals surface area contributed by atoms with Gasteiger partial charge in [0.1, 0.15) is 0 Å². The van der Waals surface area contributed by atoms with Crippen molar-refractivity contribution in [2.24, 2.45) is 5.92 Å². The van der Waals surface area contributed by atoms with Gasteiger partial charge in [-0.15, -0.1) is 0 Å². The lowest BCUT2D eigenvalue weighted by Crippen LogP contribution is -2.13. The first kappa shape index (κ1) is 22.5. The second kappa shape index (κ2) is 9.86. The third-order valence-corrected chi connectivity index (χ3v) is 5.56. The zero-order valence-corrected chi connectivity index (χ0v) is 19.6. The fraction of sp³-hybridized carbons (Fsp3) is 0.296. The van der Waals surface area contributed by atoms with E-state index in [-0.39, 0.29) is 12.3 Å². The van der Waals surface area contributed by atoms with Crippen LogP contribution < -0.4 is 5.32 Å². The summed E-state index contributed by atoms with van der Waals surface area (Å²) in [5.41, 5.74) is 5.69. The van der Waals surface area contributed by atoms with Crippen LogP contribution in [0.4, 0.5) is 5.69 Å².